The number of carboxylic acid groups (broad SMARTS) is 1. The lowest BCUT2D eigenvalue weighted by Crippen LogP contribution is -2.50. The molecule has 2 amide bonds. The number of amides is 2. The highest BCUT2D eigenvalue weighted by Crippen LogP contribution is 2.33. The minimum absolute atomic E-state index is 0.288. The molecule has 7 heteroatoms. The van der Waals surface area contributed by atoms with Gasteiger partial charge in [-0.2, -0.15) is 0 Å². The zero-order valence-electron chi connectivity index (χ0n) is 15.8. The van der Waals surface area contributed by atoms with Crippen molar-refractivity contribution in [3.63, 3.8) is 0 Å². The van der Waals surface area contributed by atoms with Gasteiger partial charge in [-0.25, -0.2) is 4.79 Å². The smallest absolute Gasteiger partial charge is 0.326 e. The van der Waals surface area contributed by atoms with Crippen LogP contribution in [0.25, 0.3) is 0 Å². The standard InChI is InChI=1S/C22H24N2O5/c25-19(21(27)23-17(22(28)29)13-14-11-12-14)18(15-7-3-1-4-8-15)24-20(26)16-9-5-2-6-10-16/h1-10,14,17-19,25H,11-13H2,(H,23,27)(H,24,26)(H,28,29)/t17-,18-,19+/m0/s1. The van der Waals surface area contributed by atoms with Gasteiger partial charge in [0, 0.05) is 5.56 Å². The van der Waals surface area contributed by atoms with Crippen molar-refractivity contribution in [1.82, 2.24) is 10.6 Å². The third kappa shape index (κ3) is 5.65. The van der Waals surface area contributed by atoms with Crippen LogP contribution in [0.4, 0.5) is 0 Å². The Hall–Kier alpha value is -3.19. The molecule has 2 aromatic rings. The van der Waals surface area contributed by atoms with E-state index in [1.54, 1.807) is 60.7 Å². The Bertz CT molecular complexity index is 852. The zero-order valence-corrected chi connectivity index (χ0v) is 15.8. The first kappa shape index (κ1) is 20.5. The van der Waals surface area contributed by atoms with Crippen LogP contribution in [0, 0.1) is 5.92 Å². The highest BCUT2D eigenvalue weighted by atomic mass is 16.4. The van der Waals surface area contributed by atoms with Crippen molar-refractivity contribution >= 4 is 17.8 Å². The predicted octanol–water partition coefficient (Wildman–Crippen LogP) is 1.89. The first-order valence-corrected chi connectivity index (χ1v) is 9.58. The van der Waals surface area contributed by atoms with Crippen LogP contribution in [0.1, 0.15) is 41.2 Å². The second-order valence-corrected chi connectivity index (χ2v) is 7.25. The first-order valence-electron chi connectivity index (χ1n) is 9.58. The molecule has 3 atom stereocenters. The summed E-state index contributed by atoms with van der Waals surface area (Å²) < 4.78 is 0. The molecule has 0 heterocycles. The van der Waals surface area contributed by atoms with E-state index in [0.29, 0.717) is 17.5 Å². The Kier molecular flexibility index (Phi) is 6.61. The van der Waals surface area contributed by atoms with Gasteiger partial charge in [0.2, 0.25) is 0 Å². The monoisotopic (exact) mass is 396 g/mol. The number of benzene rings is 2. The van der Waals surface area contributed by atoms with E-state index in [4.69, 9.17) is 0 Å². The number of aliphatic hydroxyl groups excluding tert-OH is 1. The van der Waals surface area contributed by atoms with Crippen molar-refractivity contribution in [3.8, 4) is 0 Å². The quantitative estimate of drug-likeness (QED) is 0.517. The summed E-state index contributed by atoms with van der Waals surface area (Å²) in [4.78, 5) is 36.7. The van der Waals surface area contributed by atoms with Crippen LogP contribution < -0.4 is 10.6 Å². The largest absolute Gasteiger partial charge is 0.480 e. The summed E-state index contributed by atoms with van der Waals surface area (Å²) in [5, 5.41) is 25.2. The van der Waals surface area contributed by atoms with Gasteiger partial charge in [-0.15, -0.1) is 0 Å². The molecule has 152 valence electrons. The van der Waals surface area contributed by atoms with Crippen LogP contribution in [0.5, 0.6) is 0 Å². The Balaban J connectivity index is 1.76. The van der Waals surface area contributed by atoms with Crippen LogP contribution in [0.3, 0.4) is 0 Å². The predicted molar refractivity (Wildman–Crippen MR) is 106 cm³/mol. The summed E-state index contributed by atoms with van der Waals surface area (Å²) in [5.41, 5.74) is 0.923. The average molecular weight is 396 g/mol. The molecule has 3 rings (SSSR count). The van der Waals surface area contributed by atoms with Gasteiger partial charge in [0.25, 0.3) is 11.8 Å². The SMILES string of the molecule is O=C(N[C@@H](c1ccccc1)[C@@H](O)C(=O)N[C@@H](CC1CC1)C(=O)O)c1ccccc1. The van der Waals surface area contributed by atoms with Crippen LogP contribution in [-0.2, 0) is 9.59 Å². The van der Waals surface area contributed by atoms with Crippen molar-refractivity contribution in [2.45, 2.75) is 37.5 Å². The summed E-state index contributed by atoms with van der Waals surface area (Å²) in [6, 6.07) is 15.0. The minimum atomic E-state index is -1.65. The lowest BCUT2D eigenvalue weighted by atomic mass is 9.99. The zero-order chi connectivity index (χ0) is 20.8. The highest BCUT2D eigenvalue weighted by molar-refractivity contribution is 5.95. The Morgan fingerprint density at radius 2 is 1.52 bits per heavy atom. The fourth-order valence-corrected chi connectivity index (χ4v) is 3.14. The highest BCUT2D eigenvalue weighted by Gasteiger charge is 2.34. The Labute approximate surface area is 168 Å². The van der Waals surface area contributed by atoms with Crippen LogP contribution in [0.2, 0.25) is 0 Å². The van der Waals surface area contributed by atoms with Gasteiger partial charge in [0.15, 0.2) is 6.10 Å². The molecular weight excluding hydrogens is 372 g/mol. The molecule has 0 spiro atoms. The second kappa shape index (κ2) is 9.34. The molecule has 1 saturated carbocycles. The molecule has 0 radical (unpaired) electrons. The number of aliphatic carboxylic acids is 1. The maximum absolute atomic E-state index is 12.6. The van der Waals surface area contributed by atoms with E-state index in [0.717, 1.165) is 12.8 Å². The summed E-state index contributed by atoms with van der Waals surface area (Å²) in [5.74, 6) is -2.13. The molecule has 0 saturated heterocycles. The number of aliphatic hydroxyl groups is 1. The minimum Gasteiger partial charge on any atom is -0.480 e. The van der Waals surface area contributed by atoms with E-state index in [1.807, 2.05) is 0 Å². The van der Waals surface area contributed by atoms with Crippen molar-refractivity contribution in [2.75, 3.05) is 0 Å². The Morgan fingerprint density at radius 1 is 0.931 bits per heavy atom. The summed E-state index contributed by atoms with van der Waals surface area (Å²) >= 11 is 0. The molecule has 4 N–H and O–H groups in total. The Morgan fingerprint density at radius 3 is 2.07 bits per heavy atom. The van der Waals surface area contributed by atoms with Gasteiger partial charge in [-0.1, -0.05) is 61.4 Å². The third-order valence-electron chi connectivity index (χ3n) is 4.95. The molecule has 0 bridgehead atoms. The molecule has 2 aromatic carbocycles. The first-order chi connectivity index (χ1) is 14.0. The van der Waals surface area contributed by atoms with Gasteiger partial charge in [-0.3, -0.25) is 9.59 Å². The lowest BCUT2D eigenvalue weighted by Gasteiger charge is -2.25. The van der Waals surface area contributed by atoms with Crippen LogP contribution in [0.15, 0.2) is 60.7 Å². The van der Waals surface area contributed by atoms with E-state index >= 15 is 0 Å². The van der Waals surface area contributed by atoms with Crippen molar-refractivity contribution < 1.29 is 24.6 Å². The van der Waals surface area contributed by atoms with E-state index < -0.39 is 36.0 Å². The fraction of sp³-hybridized carbons (Fsp3) is 0.318. The number of rotatable bonds is 9. The number of nitrogens with one attached hydrogen (secondary N) is 2. The van der Waals surface area contributed by atoms with Gasteiger partial charge in [-0.05, 0) is 30.0 Å². The maximum atomic E-state index is 12.6. The topological polar surface area (TPSA) is 116 Å². The number of carbonyl (C=O) groups excluding carboxylic acids is 2. The number of carbonyl (C=O) groups is 3. The van der Waals surface area contributed by atoms with Crippen LogP contribution in [-0.4, -0.2) is 40.1 Å². The van der Waals surface area contributed by atoms with Crippen molar-refractivity contribution in [1.29, 1.82) is 0 Å². The summed E-state index contributed by atoms with van der Waals surface area (Å²) in [7, 11) is 0. The normalized spacial score (nSPS) is 16.3. The van der Waals surface area contributed by atoms with Crippen molar-refractivity contribution in [3.05, 3.63) is 71.8 Å². The number of hydrogen-bond donors (Lipinski definition) is 4. The molecule has 1 aliphatic carbocycles. The van der Waals surface area contributed by atoms with E-state index in [-0.39, 0.29) is 5.92 Å². The fourth-order valence-electron chi connectivity index (χ4n) is 3.14. The molecule has 0 aromatic heterocycles. The van der Waals surface area contributed by atoms with Crippen LogP contribution >= 0.6 is 0 Å². The molecule has 29 heavy (non-hydrogen) atoms. The number of hydrogen-bond acceptors (Lipinski definition) is 4. The van der Waals surface area contributed by atoms with Crippen molar-refractivity contribution in [2.24, 2.45) is 5.92 Å². The van der Waals surface area contributed by atoms with Gasteiger partial charge >= 0.3 is 5.97 Å². The molecule has 1 fully saturated rings. The summed E-state index contributed by atoms with van der Waals surface area (Å²) in [6.45, 7) is 0. The van der Waals surface area contributed by atoms with Gasteiger partial charge < -0.3 is 20.8 Å². The number of carboxylic acids is 1. The van der Waals surface area contributed by atoms with Gasteiger partial charge in [0.05, 0.1) is 6.04 Å². The molecule has 0 aliphatic heterocycles. The van der Waals surface area contributed by atoms with E-state index in [2.05, 4.69) is 10.6 Å². The third-order valence-corrected chi connectivity index (χ3v) is 4.95. The van der Waals surface area contributed by atoms with E-state index in [9.17, 15) is 24.6 Å². The molecule has 7 nitrogen and oxygen atoms in total. The molecule has 0 unspecified atom stereocenters. The molecular formula is C22H24N2O5. The second-order valence-electron chi connectivity index (χ2n) is 7.25. The van der Waals surface area contributed by atoms with Gasteiger partial charge in [0.1, 0.15) is 6.04 Å². The lowest BCUT2D eigenvalue weighted by molar-refractivity contribution is -0.144. The average Bonchev–Trinajstić information content (AvgIpc) is 3.56. The maximum Gasteiger partial charge on any atom is 0.326 e. The molecule has 1 aliphatic rings. The summed E-state index contributed by atoms with van der Waals surface area (Å²) in [6.07, 6.45) is 0.579. The van der Waals surface area contributed by atoms with E-state index in [1.165, 1.54) is 0 Å².